The lowest BCUT2D eigenvalue weighted by molar-refractivity contribution is 0.170. The molecule has 8 heteroatoms. The molecule has 1 aliphatic carbocycles. The van der Waals surface area contributed by atoms with E-state index in [-0.39, 0.29) is 6.04 Å². The largest absolute Gasteiger partial charge is 0.295 e. The van der Waals surface area contributed by atoms with Crippen LogP contribution in [-0.2, 0) is 23.8 Å². The first kappa shape index (κ1) is 16.9. The first-order valence-corrected chi connectivity index (χ1v) is 9.80. The highest BCUT2D eigenvalue weighted by Crippen LogP contribution is 2.26. The molecular weight excluding hydrogens is 314 g/mol. The third-order valence-corrected chi connectivity index (χ3v) is 7.21. The second kappa shape index (κ2) is 6.88. The van der Waals surface area contributed by atoms with Gasteiger partial charge in [0.2, 0.25) is 0 Å². The maximum Gasteiger partial charge on any atom is 0.282 e. The van der Waals surface area contributed by atoms with E-state index in [2.05, 4.69) is 10.00 Å². The summed E-state index contributed by atoms with van der Waals surface area (Å²) < 4.78 is 30.7. The minimum absolute atomic E-state index is 0.187. The molecule has 0 amide bonds. The minimum atomic E-state index is -3.32. The highest BCUT2D eigenvalue weighted by atomic mass is 32.2. The van der Waals surface area contributed by atoms with Gasteiger partial charge in [0.05, 0.1) is 5.69 Å². The predicted octanol–water partition coefficient (Wildman–Crippen LogP) is 0.657. The zero-order valence-electron chi connectivity index (χ0n) is 14.1. The third kappa shape index (κ3) is 3.60. The Morgan fingerprint density at radius 1 is 1.22 bits per heavy atom. The van der Waals surface area contributed by atoms with Crippen LogP contribution in [0.4, 0.5) is 0 Å². The van der Waals surface area contributed by atoms with Gasteiger partial charge in [0.25, 0.3) is 10.2 Å². The molecule has 2 fully saturated rings. The molecule has 1 saturated carbocycles. The number of aryl methyl sites for hydroxylation is 1. The van der Waals surface area contributed by atoms with Crippen molar-refractivity contribution in [2.24, 2.45) is 7.05 Å². The Hall–Kier alpha value is -0.960. The van der Waals surface area contributed by atoms with Crippen LogP contribution in [0, 0.1) is 0 Å². The summed E-state index contributed by atoms with van der Waals surface area (Å²) in [7, 11) is 0.364. The zero-order valence-corrected chi connectivity index (χ0v) is 14.9. The summed E-state index contributed by atoms with van der Waals surface area (Å²) in [6, 6.07) is 2.20. The summed E-state index contributed by atoms with van der Waals surface area (Å²) in [5.41, 5.74) is 1.16. The maximum atomic E-state index is 12.8. The van der Waals surface area contributed by atoms with Gasteiger partial charge in [-0.1, -0.05) is 12.8 Å². The Kier molecular flexibility index (Phi) is 5.05. The van der Waals surface area contributed by atoms with E-state index in [0.717, 1.165) is 51.0 Å². The van der Waals surface area contributed by atoms with Gasteiger partial charge in [-0.15, -0.1) is 0 Å². The molecule has 1 saturated heterocycles. The van der Waals surface area contributed by atoms with E-state index in [0.29, 0.717) is 13.1 Å². The van der Waals surface area contributed by atoms with Gasteiger partial charge in [0.1, 0.15) is 0 Å². The van der Waals surface area contributed by atoms with Crippen molar-refractivity contribution in [2.45, 2.75) is 38.3 Å². The normalized spacial score (nSPS) is 22.2. The molecule has 23 heavy (non-hydrogen) atoms. The van der Waals surface area contributed by atoms with Crippen LogP contribution in [-0.4, -0.2) is 71.0 Å². The average molecular weight is 341 g/mol. The van der Waals surface area contributed by atoms with Crippen LogP contribution in [0.5, 0.6) is 0 Å². The van der Waals surface area contributed by atoms with Crippen molar-refractivity contribution >= 4 is 10.2 Å². The zero-order chi connectivity index (χ0) is 16.4. The molecular formula is C15H27N5O2S. The monoisotopic (exact) mass is 341 g/mol. The Morgan fingerprint density at radius 2 is 1.87 bits per heavy atom. The molecule has 1 aliphatic heterocycles. The first-order valence-electron chi connectivity index (χ1n) is 8.41. The number of piperazine rings is 1. The second-order valence-electron chi connectivity index (χ2n) is 6.58. The van der Waals surface area contributed by atoms with Crippen molar-refractivity contribution in [1.29, 1.82) is 0 Å². The van der Waals surface area contributed by atoms with Crippen molar-refractivity contribution in [3.05, 3.63) is 18.0 Å². The SMILES string of the molecule is CN(C1CCCC1)S(=O)(=O)N1CCN(Cc2ccnn2C)CC1. The van der Waals surface area contributed by atoms with Crippen LogP contribution in [0.1, 0.15) is 31.4 Å². The fourth-order valence-corrected chi connectivity index (χ4v) is 5.12. The average Bonchev–Trinajstić information content (AvgIpc) is 3.20. The molecule has 2 aliphatic rings. The molecule has 0 unspecified atom stereocenters. The van der Waals surface area contributed by atoms with Crippen LogP contribution in [0.2, 0.25) is 0 Å². The molecule has 0 bridgehead atoms. The van der Waals surface area contributed by atoms with Crippen LogP contribution in [0.25, 0.3) is 0 Å². The van der Waals surface area contributed by atoms with Crippen molar-refractivity contribution in [3.8, 4) is 0 Å². The second-order valence-corrected chi connectivity index (χ2v) is 8.57. The number of hydrogen-bond acceptors (Lipinski definition) is 4. The molecule has 1 aromatic rings. The van der Waals surface area contributed by atoms with E-state index in [9.17, 15) is 8.42 Å². The fourth-order valence-electron chi connectivity index (χ4n) is 3.54. The van der Waals surface area contributed by atoms with Gasteiger partial charge in [-0.2, -0.15) is 22.1 Å². The third-order valence-electron chi connectivity index (χ3n) is 5.17. The predicted molar refractivity (Wildman–Crippen MR) is 89.0 cm³/mol. The van der Waals surface area contributed by atoms with Crippen molar-refractivity contribution < 1.29 is 8.42 Å². The van der Waals surface area contributed by atoms with Gasteiger partial charge in [-0.3, -0.25) is 9.58 Å². The summed E-state index contributed by atoms with van der Waals surface area (Å²) >= 11 is 0. The maximum absolute atomic E-state index is 12.8. The van der Waals surface area contributed by atoms with Gasteiger partial charge in [-0.25, -0.2) is 0 Å². The van der Waals surface area contributed by atoms with E-state index in [1.807, 2.05) is 17.8 Å². The topological polar surface area (TPSA) is 61.7 Å². The molecule has 1 aromatic heterocycles. The van der Waals surface area contributed by atoms with E-state index in [1.54, 1.807) is 21.9 Å². The van der Waals surface area contributed by atoms with Crippen LogP contribution in [0.3, 0.4) is 0 Å². The number of nitrogens with zero attached hydrogens (tertiary/aromatic N) is 5. The highest BCUT2D eigenvalue weighted by Gasteiger charge is 2.35. The van der Waals surface area contributed by atoms with Crippen LogP contribution >= 0.6 is 0 Å². The standard InChI is InChI=1S/C15H27N5O2S/c1-17-15(7-8-16-17)13-19-9-11-20(12-10-19)23(21,22)18(2)14-5-3-4-6-14/h7-8,14H,3-6,9-13H2,1-2H3. The molecule has 2 heterocycles. The molecule has 0 spiro atoms. The fraction of sp³-hybridized carbons (Fsp3) is 0.800. The first-order chi connectivity index (χ1) is 11.0. The molecule has 0 aromatic carbocycles. The van der Waals surface area contributed by atoms with Gasteiger partial charge < -0.3 is 0 Å². The Morgan fingerprint density at radius 3 is 2.43 bits per heavy atom. The Bertz CT molecular complexity index is 616. The molecule has 7 nitrogen and oxygen atoms in total. The van der Waals surface area contributed by atoms with Gasteiger partial charge in [0.15, 0.2) is 0 Å². The molecule has 0 atom stereocenters. The van der Waals surface area contributed by atoms with Crippen LogP contribution in [0.15, 0.2) is 12.3 Å². The lowest BCUT2D eigenvalue weighted by Gasteiger charge is -2.37. The summed E-state index contributed by atoms with van der Waals surface area (Å²) in [4.78, 5) is 2.29. The van der Waals surface area contributed by atoms with Crippen molar-refractivity contribution in [1.82, 2.24) is 23.3 Å². The van der Waals surface area contributed by atoms with E-state index >= 15 is 0 Å². The lowest BCUT2D eigenvalue weighted by atomic mass is 10.3. The minimum Gasteiger partial charge on any atom is -0.295 e. The number of aromatic nitrogens is 2. The van der Waals surface area contributed by atoms with Crippen molar-refractivity contribution in [3.63, 3.8) is 0 Å². The van der Waals surface area contributed by atoms with Crippen molar-refractivity contribution in [2.75, 3.05) is 33.2 Å². The van der Waals surface area contributed by atoms with Gasteiger partial charge >= 0.3 is 0 Å². The smallest absolute Gasteiger partial charge is 0.282 e. The van der Waals surface area contributed by atoms with Gasteiger partial charge in [-0.05, 0) is 18.9 Å². The van der Waals surface area contributed by atoms with E-state index in [1.165, 1.54) is 0 Å². The Balaban J connectivity index is 1.56. The summed E-state index contributed by atoms with van der Waals surface area (Å²) in [5, 5.41) is 4.18. The molecule has 0 radical (unpaired) electrons. The summed E-state index contributed by atoms with van der Waals surface area (Å²) in [6.45, 7) is 3.49. The highest BCUT2D eigenvalue weighted by molar-refractivity contribution is 7.86. The number of hydrogen-bond donors (Lipinski definition) is 0. The van der Waals surface area contributed by atoms with E-state index < -0.39 is 10.2 Å². The quantitative estimate of drug-likeness (QED) is 0.789. The number of rotatable bonds is 5. The molecule has 3 rings (SSSR count). The molecule has 0 N–H and O–H groups in total. The Labute approximate surface area is 139 Å². The summed E-state index contributed by atoms with van der Waals surface area (Å²) in [6.07, 6.45) is 6.07. The lowest BCUT2D eigenvalue weighted by Crippen LogP contribution is -2.53. The molecule has 130 valence electrons. The van der Waals surface area contributed by atoms with E-state index in [4.69, 9.17) is 0 Å². The van der Waals surface area contributed by atoms with Gasteiger partial charge in [0, 0.05) is 59.1 Å². The summed E-state index contributed by atoms with van der Waals surface area (Å²) in [5.74, 6) is 0. The van der Waals surface area contributed by atoms with Crippen LogP contribution < -0.4 is 0 Å².